The summed E-state index contributed by atoms with van der Waals surface area (Å²) in [7, 11) is 0. The van der Waals surface area contributed by atoms with Crippen LogP contribution in [0.5, 0.6) is 0 Å². The number of urea groups is 2. The number of carbonyl (C=O) groups is 2. The van der Waals surface area contributed by atoms with Crippen LogP contribution in [0.1, 0.15) is 39.5 Å². The lowest BCUT2D eigenvalue weighted by Gasteiger charge is -2.29. The van der Waals surface area contributed by atoms with Crippen LogP contribution in [0, 0.1) is 0 Å². The topological polar surface area (TPSA) is 82.3 Å². The predicted molar refractivity (Wildman–Crippen MR) is 70.5 cm³/mol. The molecule has 1 aliphatic rings. The normalized spacial score (nSPS) is 23.0. The number of amides is 4. The van der Waals surface area contributed by atoms with E-state index < -0.39 is 0 Å². The highest BCUT2D eigenvalue weighted by Gasteiger charge is 2.23. The lowest BCUT2D eigenvalue weighted by molar-refractivity contribution is 0.222. The van der Waals surface area contributed by atoms with Gasteiger partial charge < -0.3 is 21.3 Å². The van der Waals surface area contributed by atoms with Gasteiger partial charge in [-0.3, -0.25) is 0 Å². The molecular weight excluding hydrogens is 232 g/mol. The first-order valence-corrected chi connectivity index (χ1v) is 6.74. The van der Waals surface area contributed by atoms with E-state index in [0.29, 0.717) is 13.1 Å². The molecular formula is C12H24N4O2. The van der Waals surface area contributed by atoms with Gasteiger partial charge in [0, 0.05) is 25.2 Å². The minimum atomic E-state index is -0.0994. The van der Waals surface area contributed by atoms with Crippen molar-refractivity contribution < 1.29 is 9.59 Å². The first-order chi connectivity index (χ1) is 8.65. The summed E-state index contributed by atoms with van der Waals surface area (Å²) in [5, 5.41) is 11.3. The Morgan fingerprint density at radius 3 is 1.44 bits per heavy atom. The molecule has 0 radical (unpaired) electrons. The first-order valence-electron chi connectivity index (χ1n) is 6.74. The summed E-state index contributed by atoms with van der Waals surface area (Å²) < 4.78 is 0. The molecule has 1 saturated carbocycles. The van der Waals surface area contributed by atoms with E-state index in [1.165, 1.54) is 0 Å². The summed E-state index contributed by atoms with van der Waals surface area (Å²) in [4.78, 5) is 22.7. The van der Waals surface area contributed by atoms with Crippen LogP contribution in [0.3, 0.4) is 0 Å². The molecule has 1 fully saturated rings. The van der Waals surface area contributed by atoms with E-state index in [-0.39, 0.29) is 24.1 Å². The molecule has 0 spiro atoms. The number of rotatable bonds is 4. The molecule has 0 saturated heterocycles. The van der Waals surface area contributed by atoms with Crippen LogP contribution < -0.4 is 21.3 Å². The van der Waals surface area contributed by atoms with Crippen molar-refractivity contribution in [2.24, 2.45) is 0 Å². The van der Waals surface area contributed by atoms with Crippen molar-refractivity contribution in [3.8, 4) is 0 Å². The summed E-state index contributed by atoms with van der Waals surface area (Å²) in [5.74, 6) is 0. The molecule has 104 valence electrons. The van der Waals surface area contributed by atoms with Crippen LogP contribution in [0.25, 0.3) is 0 Å². The van der Waals surface area contributed by atoms with Gasteiger partial charge in [0.2, 0.25) is 0 Å². The van der Waals surface area contributed by atoms with Crippen molar-refractivity contribution >= 4 is 12.1 Å². The van der Waals surface area contributed by atoms with Gasteiger partial charge >= 0.3 is 12.1 Å². The fourth-order valence-electron chi connectivity index (χ4n) is 2.18. The van der Waals surface area contributed by atoms with Crippen LogP contribution >= 0.6 is 0 Å². The van der Waals surface area contributed by atoms with Gasteiger partial charge in [-0.15, -0.1) is 0 Å². The minimum absolute atomic E-state index is 0.0994. The smallest absolute Gasteiger partial charge is 0.314 e. The Hall–Kier alpha value is -1.46. The van der Waals surface area contributed by atoms with E-state index in [4.69, 9.17) is 0 Å². The van der Waals surface area contributed by atoms with Gasteiger partial charge in [0.15, 0.2) is 0 Å². The van der Waals surface area contributed by atoms with E-state index >= 15 is 0 Å². The number of carbonyl (C=O) groups excluding carboxylic acids is 2. The Morgan fingerprint density at radius 2 is 1.17 bits per heavy atom. The Balaban J connectivity index is 2.20. The van der Waals surface area contributed by atoms with Crippen molar-refractivity contribution in [2.75, 3.05) is 13.1 Å². The maximum absolute atomic E-state index is 11.4. The van der Waals surface area contributed by atoms with Crippen molar-refractivity contribution in [1.29, 1.82) is 0 Å². The molecule has 4 N–H and O–H groups in total. The average Bonchev–Trinajstić information content (AvgIpc) is 2.32. The molecule has 18 heavy (non-hydrogen) atoms. The molecule has 0 bridgehead atoms. The van der Waals surface area contributed by atoms with E-state index in [9.17, 15) is 9.59 Å². The van der Waals surface area contributed by atoms with Crippen molar-refractivity contribution in [3.63, 3.8) is 0 Å². The van der Waals surface area contributed by atoms with Crippen molar-refractivity contribution in [1.82, 2.24) is 21.3 Å². The summed E-state index contributed by atoms with van der Waals surface area (Å²) in [6, 6.07) is 0.253. The largest absolute Gasteiger partial charge is 0.338 e. The second kappa shape index (κ2) is 7.79. The maximum atomic E-state index is 11.4. The molecule has 0 heterocycles. The Bertz CT molecular complexity index is 247. The predicted octanol–water partition coefficient (Wildman–Crippen LogP) is 0.936. The maximum Gasteiger partial charge on any atom is 0.314 e. The van der Waals surface area contributed by atoms with E-state index in [2.05, 4.69) is 21.3 Å². The molecule has 1 aliphatic carbocycles. The second-order valence-corrected chi connectivity index (χ2v) is 4.56. The van der Waals surface area contributed by atoms with E-state index in [0.717, 1.165) is 25.7 Å². The molecule has 1 rings (SSSR count). The van der Waals surface area contributed by atoms with Crippen molar-refractivity contribution in [3.05, 3.63) is 0 Å². The third kappa shape index (κ3) is 5.25. The van der Waals surface area contributed by atoms with Gasteiger partial charge in [-0.25, -0.2) is 9.59 Å². The average molecular weight is 256 g/mol. The number of hydrogen-bond acceptors (Lipinski definition) is 2. The summed E-state index contributed by atoms with van der Waals surface area (Å²) in [6.45, 7) is 5.07. The fraction of sp³-hybridized carbons (Fsp3) is 0.833. The zero-order valence-corrected chi connectivity index (χ0v) is 11.2. The van der Waals surface area contributed by atoms with Crippen LogP contribution in [0.4, 0.5) is 9.59 Å². The van der Waals surface area contributed by atoms with Crippen molar-refractivity contribution in [2.45, 2.75) is 51.6 Å². The van der Waals surface area contributed by atoms with Gasteiger partial charge in [-0.05, 0) is 39.5 Å². The zero-order chi connectivity index (χ0) is 13.4. The highest BCUT2D eigenvalue weighted by Crippen LogP contribution is 2.18. The van der Waals surface area contributed by atoms with Gasteiger partial charge in [0.25, 0.3) is 0 Å². The SMILES string of the molecule is CCNC(=O)N[C@H]1CC[C@H](NC(=O)NCC)CC1. The van der Waals surface area contributed by atoms with Crippen LogP contribution in [0.2, 0.25) is 0 Å². The van der Waals surface area contributed by atoms with Gasteiger partial charge in [-0.2, -0.15) is 0 Å². The molecule has 4 amide bonds. The molecule has 6 heteroatoms. The lowest BCUT2D eigenvalue weighted by Crippen LogP contribution is -2.48. The molecule has 6 nitrogen and oxygen atoms in total. The second-order valence-electron chi connectivity index (χ2n) is 4.56. The first kappa shape index (κ1) is 14.6. The Morgan fingerprint density at radius 1 is 0.833 bits per heavy atom. The third-order valence-corrected chi connectivity index (χ3v) is 3.07. The number of nitrogens with one attached hydrogen (secondary N) is 4. The Labute approximate surface area is 108 Å². The molecule has 0 aromatic carbocycles. The van der Waals surface area contributed by atoms with Crippen LogP contribution in [-0.2, 0) is 0 Å². The minimum Gasteiger partial charge on any atom is -0.338 e. The highest BCUT2D eigenvalue weighted by molar-refractivity contribution is 5.74. The van der Waals surface area contributed by atoms with Gasteiger partial charge in [0.1, 0.15) is 0 Å². The standard InChI is InChI=1S/C12H24N4O2/c1-3-13-11(17)15-9-5-7-10(8-6-9)16-12(18)14-4-2/h9-10H,3-8H2,1-2H3,(H2,13,15,17)(H2,14,16,18)/t9-,10-. The summed E-state index contributed by atoms with van der Waals surface area (Å²) in [6.07, 6.45) is 3.64. The van der Waals surface area contributed by atoms with Crippen LogP contribution in [-0.4, -0.2) is 37.2 Å². The summed E-state index contributed by atoms with van der Waals surface area (Å²) >= 11 is 0. The Kier molecular flexibility index (Phi) is 6.32. The number of hydrogen-bond donors (Lipinski definition) is 4. The molecule has 0 unspecified atom stereocenters. The summed E-state index contributed by atoms with van der Waals surface area (Å²) in [5.41, 5.74) is 0. The van der Waals surface area contributed by atoms with E-state index in [1.807, 2.05) is 13.8 Å². The fourth-order valence-corrected chi connectivity index (χ4v) is 2.18. The zero-order valence-electron chi connectivity index (χ0n) is 11.2. The quantitative estimate of drug-likeness (QED) is 0.603. The molecule has 0 aromatic rings. The lowest BCUT2D eigenvalue weighted by atomic mass is 9.91. The van der Waals surface area contributed by atoms with Gasteiger partial charge in [-0.1, -0.05) is 0 Å². The van der Waals surface area contributed by atoms with E-state index in [1.54, 1.807) is 0 Å². The highest BCUT2D eigenvalue weighted by atomic mass is 16.2. The van der Waals surface area contributed by atoms with Gasteiger partial charge in [0.05, 0.1) is 0 Å². The molecule has 0 aromatic heterocycles. The monoisotopic (exact) mass is 256 g/mol. The molecule has 0 aliphatic heterocycles. The van der Waals surface area contributed by atoms with Crippen LogP contribution in [0.15, 0.2) is 0 Å². The third-order valence-electron chi connectivity index (χ3n) is 3.07. The molecule has 0 atom stereocenters.